The summed E-state index contributed by atoms with van der Waals surface area (Å²) in [7, 11) is 2.60. The van der Waals surface area contributed by atoms with E-state index in [1.807, 2.05) is 31.2 Å². The molecule has 0 amide bonds. The Morgan fingerprint density at radius 3 is 2.31 bits per heavy atom. The summed E-state index contributed by atoms with van der Waals surface area (Å²) in [6.45, 7) is 3.67. The number of hydrogen-bond acceptors (Lipinski definition) is 16. The summed E-state index contributed by atoms with van der Waals surface area (Å²) in [5.74, 6) is -5.39. The summed E-state index contributed by atoms with van der Waals surface area (Å²) in [4.78, 5) is 29.1. The topological polar surface area (TPSA) is 294 Å². The third-order valence-electron chi connectivity index (χ3n) is 8.43. The van der Waals surface area contributed by atoms with Crippen LogP contribution in [-0.4, -0.2) is 125 Å². The zero-order valence-corrected chi connectivity index (χ0v) is 30.5. The van der Waals surface area contributed by atoms with Crippen LogP contribution in [0.5, 0.6) is 34.5 Å². The minimum absolute atomic E-state index is 0.00365. The van der Waals surface area contributed by atoms with E-state index in [-0.39, 0.29) is 47.8 Å². The maximum atomic E-state index is 13.3. The van der Waals surface area contributed by atoms with Gasteiger partial charge in [-0.25, -0.2) is 9.59 Å². The number of aliphatic imine (C=N–C) groups is 1. The Kier molecular flexibility index (Phi) is 14.5. The van der Waals surface area contributed by atoms with Crippen molar-refractivity contribution in [1.29, 1.82) is 0 Å². The number of phenolic OH excluding ortho intramolecular Hbond substituents is 2. The van der Waals surface area contributed by atoms with Gasteiger partial charge in [0, 0.05) is 38.2 Å². The van der Waals surface area contributed by atoms with Crippen LogP contribution in [0.4, 0.5) is 5.69 Å². The SMILES string of the molecule is CCNc1cc(O[C@@H]2O[C@@H]([C@@H](O)OC(=O)c3cc(OC)c(O)c(OCCc4cccc(CC)c4)c3O)[C@@H](O)[C@H](O)[C@H]2O)c(OCNC(N)=NC)cc1C(=O)O. The predicted molar refractivity (Wildman–Crippen MR) is 194 cm³/mol. The van der Waals surface area contributed by atoms with Crippen molar-refractivity contribution >= 4 is 23.6 Å². The van der Waals surface area contributed by atoms with Crippen molar-refractivity contribution in [3.05, 3.63) is 64.7 Å². The van der Waals surface area contributed by atoms with Crippen molar-refractivity contribution in [2.24, 2.45) is 10.7 Å². The highest BCUT2D eigenvalue weighted by Crippen LogP contribution is 2.46. The number of benzene rings is 3. The third kappa shape index (κ3) is 10.1. The molecule has 1 heterocycles. The van der Waals surface area contributed by atoms with E-state index in [9.17, 15) is 45.3 Å². The monoisotopic (exact) mass is 774 g/mol. The number of carboxylic acid groups (broad SMARTS) is 1. The highest BCUT2D eigenvalue weighted by Gasteiger charge is 2.49. The van der Waals surface area contributed by atoms with Crippen LogP contribution in [0.1, 0.15) is 45.7 Å². The number of carboxylic acids is 1. The first-order chi connectivity index (χ1) is 26.2. The first-order valence-electron chi connectivity index (χ1n) is 17.1. The number of aliphatic hydroxyl groups excluding tert-OH is 4. The quantitative estimate of drug-likeness (QED) is 0.0390. The lowest BCUT2D eigenvalue weighted by molar-refractivity contribution is -0.309. The summed E-state index contributed by atoms with van der Waals surface area (Å²) in [6, 6.07) is 11.0. The molecule has 0 spiro atoms. The number of ether oxygens (including phenoxy) is 6. The van der Waals surface area contributed by atoms with Crippen molar-refractivity contribution in [3.8, 4) is 34.5 Å². The number of rotatable bonds is 17. The Hall–Kier alpha value is -5.73. The fraction of sp³-hybridized carbons (Fsp3) is 0.417. The van der Waals surface area contributed by atoms with Gasteiger partial charge in [0.25, 0.3) is 0 Å². The first-order valence-corrected chi connectivity index (χ1v) is 17.1. The molecule has 1 aliphatic heterocycles. The number of guanidine groups is 1. The van der Waals surface area contributed by atoms with Gasteiger partial charge in [-0.1, -0.05) is 31.2 Å². The molecular formula is C36H46N4O15. The number of aliphatic hydroxyl groups is 4. The molecule has 6 atom stereocenters. The molecule has 1 fully saturated rings. The molecule has 3 aromatic rings. The highest BCUT2D eigenvalue weighted by molar-refractivity contribution is 5.96. The summed E-state index contributed by atoms with van der Waals surface area (Å²) in [5.41, 5.74) is 6.90. The Balaban J connectivity index is 1.56. The van der Waals surface area contributed by atoms with E-state index in [1.165, 1.54) is 20.2 Å². The largest absolute Gasteiger partial charge is 0.504 e. The summed E-state index contributed by atoms with van der Waals surface area (Å²) >= 11 is 0. The molecule has 0 bridgehead atoms. The van der Waals surface area contributed by atoms with Crippen molar-refractivity contribution in [2.45, 2.75) is 63.7 Å². The lowest BCUT2D eigenvalue weighted by Crippen LogP contribution is -2.62. The molecule has 0 aliphatic carbocycles. The Bertz CT molecular complexity index is 1840. The number of nitrogens with two attached hydrogens (primary N) is 1. The van der Waals surface area contributed by atoms with Gasteiger partial charge in [0.2, 0.25) is 24.1 Å². The summed E-state index contributed by atoms with van der Waals surface area (Å²) in [6.07, 6.45) is -11.1. The van der Waals surface area contributed by atoms with E-state index >= 15 is 0 Å². The number of aromatic hydroxyl groups is 2. The van der Waals surface area contributed by atoms with Gasteiger partial charge >= 0.3 is 11.9 Å². The molecule has 19 heteroatoms. The second-order valence-electron chi connectivity index (χ2n) is 12.0. The molecule has 55 heavy (non-hydrogen) atoms. The van der Waals surface area contributed by atoms with Crippen molar-refractivity contribution in [2.75, 3.05) is 39.4 Å². The standard InChI is InChI=1S/C36H46N4O15/c1-5-17-8-7-9-18(12-17)10-11-51-30-25(41)20(14-24(50-4)26(30)42)33(48)55-34(49)31-28(44)27(43)29(45)35(54-31)53-23-15-21(39-6-2)19(32(46)47)13-22(23)52-16-40-36(37)38-3/h7-9,12-15,27-29,31,34-35,39,41-45,49H,5-6,10-11,16H2,1-4H3,(H,46,47)(H3,37,38,40)/t27-,28-,29+,31+,34-,35+/m0/s1. The number of carbonyl (C=O) groups is 2. The van der Waals surface area contributed by atoms with Gasteiger partial charge in [0.05, 0.1) is 25.0 Å². The normalized spacial score (nSPS) is 20.2. The van der Waals surface area contributed by atoms with Gasteiger partial charge in [-0.05, 0) is 24.5 Å². The van der Waals surface area contributed by atoms with Crippen molar-refractivity contribution in [1.82, 2.24) is 5.32 Å². The minimum Gasteiger partial charge on any atom is -0.504 e. The molecular weight excluding hydrogens is 728 g/mol. The molecule has 11 N–H and O–H groups in total. The lowest BCUT2D eigenvalue weighted by atomic mass is 9.98. The van der Waals surface area contributed by atoms with Crippen LogP contribution in [0.15, 0.2) is 47.5 Å². The van der Waals surface area contributed by atoms with E-state index in [2.05, 4.69) is 15.6 Å². The fourth-order valence-electron chi connectivity index (χ4n) is 5.46. The molecule has 1 saturated heterocycles. The Labute approximate surface area is 315 Å². The number of nitrogens with zero attached hydrogens (tertiary/aromatic N) is 1. The molecule has 0 unspecified atom stereocenters. The molecule has 3 aromatic carbocycles. The van der Waals surface area contributed by atoms with E-state index in [1.54, 1.807) is 6.92 Å². The van der Waals surface area contributed by atoms with E-state index < -0.39 is 71.7 Å². The van der Waals surface area contributed by atoms with Crippen LogP contribution in [-0.2, 0) is 22.3 Å². The smallest absolute Gasteiger partial charge is 0.344 e. The van der Waals surface area contributed by atoms with Gasteiger partial charge in [0.15, 0.2) is 41.8 Å². The second kappa shape index (κ2) is 19.0. The van der Waals surface area contributed by atoms with E-state index in [0.717, 1.165) is 29.7 Å². The molecule has 0 saturated carbocycles. The highest BCUT2D eigenvalue weighted by atomic mass is 16.7. The van der Waals surface area contributed by atoms with E-state index in [4.69, 9.17) is 34.2 Å². The number of hydrogen-bond donors (Lipinski definition) is 10. The van der Waals surface area contributed by atoms with Gasteiger partial charge in [-0.2, -0.15) is 0 Å². The van der Waals surface area contributed by atoms with Crippen LogP contribution < -0.4 is 35.3 Å². The van der Waals surface area contributed by atoms with Gasteiger partial charge < -0.3 is 80.5 Å². The molecule has 19 nitrogen and oxygen atoms in total. The summed E-state index contributed by atoms with van der Waals surface area (Å²) in [5, 5.41) is 80.2. The number of aromatic carboxylic acids is 1. The zero-order valence-electron chi connectivity index (χ0n) is 30.5. The fourth-order valence-corrected chi connectivity index (χ4v) is 5.46. The third-order valence-corrected chi connectivity index (χ3v) is 8.43. The number of methoxy groups -OCH3 is 1. The molecule has 4 rings (SSSR count). The summed E-state index contributed by atoms with van der Waals surface area (Å²) < 4.78 is 32.9. The van der Waals surface area contributed by atoms with Gasteiger partial charge in [-0.15, -0.1) is 0 Å². The first kappa shape index (κ1) is 42.0. The maximum absolute atomic E-state index is 13.3. The van der Waals surface area contributed by atoms with Gasteiger partial charge in [-0.3, -0.25) is 4.99 Å². The minimum atomic E-state index is -2.37. The number of esters is 1. The Morgan fingerprint density at radius 2 is 1.65 bits per heavy atom. The van der Waals surface area contributed by atoms with Gasteiger partial charge in [0.1, 0.15) is 23.9 Å². The number of phenols is 2. The zero-order chi connectivity index (χ0) is 40.4. The van der Waals surface area contributed by atoms with Crippen LogP contribution in [0, 0.1) is 0 Å². The number of aryl methyl sites for hydroxylation is 1. The average Bonchev–Trinajstić information content (AvgIpc) is 3.16. The van der Waals surface area contributed by atoms with Crippen molar-refractivity contribution in [3.63, 3.8) is 0 Å². The number of anilines is 1. The van der Waals surface area contributed by atoms with Crippen LogP contribution in [0.3, 0.4) is 0 Å². The Morgan fingerprint density at radius 1 is 0.945 bits per heavy atom. The van der Waals surface area contributed by atoms with Crippen LogP contribution in [0.25, 0.3) is 0 Å². The average molecular weight is 775 g/mol. The number of carbonyl (C=O) groups excluding carboxylic acids is 1. The number of nitrogens with one attached hydrogen (secondary N) is 2. The van der Waals surface area contributed by atoms with Crippen LogP contribution >= 0.6 is 0 Å². The lowest BCUT2D eigenvalue weighted by Gasteiger charge is -2.41. The van der Waals surface area contributed by atoms with E-state index in [0.29, 0.717) is 13.0 Å². The van der Waals surface area contributed by atoms with Crippen molar-refractivity contribution < 1.29 is 73.8 Å². The van der Waals surface area contributed by atoms with Crippen LogP contribution in [0.2, 0.25) is 0 Å². The molecule has 0 aromatic heterocycles. The predicted octanol–water partition coefficient (Wildman–Crippen LogP) is 0.653. The molecule has 0 radical (unpaired) electrons. The maximum Gasteiger partial charge on any atom is 0.344 e. The second-order valence-corrected chi connectivity index (χ2v) is 12.0. The molecule has 1 aliphatic rings. The molecule has 300 valence electrons.